The molecule has 1 aromatic heterocycles. The molecule has 1 heterocycles. The van der Waals surface area contributed by atoms with E-state index in [9.17, 15) is 4.79 Å². The van der Waals surface area contributed by atoms with Gasteiger partial charge in [-0.1, -0.05) is 46.7 Å². The van der Waals surface area contributed by atoms with Gasteiger partial charge >= 0.3 is 0 Å². The SMILES string of the molecule is NCOc1ccc(N(C(=O)c2ccc(Cl)cc2Cl)c2nc3ccccc3s2)cc1. The molecular weight excluding hydrogens is 429 g/mol. The van der Waals surface area contributed by atoms with Crippen molar-refractivity contribution < 1.29 is 9.53 Å². The highest BCUT2D eigenvalue weighted by molar-refractivity contribution is 7.22. The standard InChI is InChI=1S/C21H15Cl2N3O2S/c22-13-5-10-16(17(23)11-13)20(27)26(14-6-8-15(9-7-14)28-12-24)21-25-18-3-1-2-4-19(18)29-21/h1-11H,12,24H2. The Morgan fingerprint density at radius 3 is 2.52 bits per heavy atom. The van der Waals surface area contributed by atoms with E-state index in [0.717, 1.165) is 10.2 Å². The molecule has 4 rings (SSSR count). The third-order valence-electron chi connectivity index (χ3n) is 4.18. The molecule has 4 aromatic rings. The molecule has 0 spiro atoms. The number of para-hydroxylation sites is 1. The lowest BCUT2D eigenvalue weighted by atomic mass is 10.2. The average Bonchev–Trinajstić information content (AvgIpc) is 3.13. The summed E-state index contributed by atoms with van der Waals surface area (Å²) < 4.78 is 6.27. The monoisotopic (exact) mass is 443 g/mol. The molecule has 0 saturated heterocycles. The Bertz CT molecular complexity index is 1150. The van der Waals surface area contributed by atoms with Gasteiger partial charge in [0.15, 0.2) is 5.13 Å². The summed E-state index contributed by atoms with van der Waals surface area (Å²) in [6, 6.07) is 19.6. The van der Waals surface area contributed by atoms with Gasteiger partial charge in [0, 0.05) is 5.02 Å². The summed E-state index contributed by atoms with van der Waals surface area (Å²) in [5.74, 6) is 0.302. The fourth-order valence-corrected chi connectivity index (χ4v) is 4.32. The second kappa shape index (κ2) is 8.39. The first-order chi connectivity index (χ1) is 14.1. The van der Waals surface area contributed by atoms with E-state index in [2.05, 4.69) is 4.98 Å². The van der Waals surface area contributed by atoms with Crippen molar-refractivity contribution in [3.63, 3.8) is 0 Å². The normalized spacial score (nSPS) is 10.9. The highest BCUT2D eigenvalue weighted by Gasteiger charge is 2.25. The number of nitrogens with two attached hydrogens (primary N) is 1. The Labute approximate surface area is 181 Å². The van der Waals surface area contributed by atoms with Gasteiger partial charge in [-0.3, -0.25) is 15.4 Å². The van der Waals surface area contributed by atoms with E-state index in [1.165, 1.54) is 16.2 Å². The van der Waals surface area contributed by atoms with Gasteiger partial charge in [0.25, 0.3) is 5.91 Å². The molecule has 0 radical (unpaired) electrons. The predicted octanol–water partition coefficient (Wildman–Crippen LogP) is 5.88. The van der Waals surface area contributed by atoms with Gasteiger partial charge in [-0.15, -0.1) is 0 Å². The van der Waals surface area contributed by atoms with Gasteiger partial charge in [0.1, 0.15) is 12.5 Å². The van der Waals surface area contributed by atoms with Gasteiger partial charge in [0.2, 0.25) is 0 Å². The lowest BCUT2D eigenvalue weighted by Crippen LogP contribution is -2.26. The number of rotatable bonds is 5. The van der Waals surface area contributed by atoms with E-state index in [-0.39, 0.29) is 17.7 Å². The number of carbonyl (C=O) groups excluding carboxylic acids is 1. The molecule has 0 aliphatic rings. The maximum atomic E-state index is 13.5. The maximum absolute atomic E-state index is 13.5. The van der Waals surface area contributed by atoms with Crippen LogP contribution in [0, 0.1) is 0 Å². The van der Waals surface area contributed by atoms with Gasteiger partial charge < -0.3 is 4.74 Å². The molecule has 1 amide bonds. The number of carbonyl (C=O) groups is 1. The number of amides is 1. The second-order valence-electron chi connectivity index (χ2n) is 6.03. The minimum atomic E-state index is -0.307. The number of hydrogen-bond acceptors (Lipinski definition) is 5. The van der Waals surface area contributed by atoms with Crippen molar-refractivity contribution in [3.8, 4) is 5.75 Å². The molecule has 0 fully saturated rings. The summed E-state index contributed by atoms with van der Waals surface area (Å²) in [5.41, 5.74) is 7.20. The molecule has 5 nitrogen and oxygen atoms in total. The first kappa shape index (κ1) is 19.7. The molecule has 0 aliphatic heterocycles. The molecule has 8 heteroatoms. The van der Waals surface area contributed by atoms with E-state index in [1.807, 2.05) is 24.3 Å². The summed E-state index contributed by atoms with van der Waals surface area (Å²) in [6.07, 6.45) is 0. The van der Waals surface area contributed by atoms with E-state index in [0.29, 0.717) is 27.2 Å². The van der Waals surface area contributed by atoms with Crippen LogP contribution in [0.1, 0.15) is 10.4 Å². The molecule has 0 aliphatic carbocycles. The molecule has 0 saturated carbocycles. The summed E-state index contributed by atoms with van der Waals surface area (Å²) in [4.78, 5) is 19.7. The molecule has 0 unspecified atom stereocenters. The van der Waals surface area contributed by atoms with Crippen molar-refractivity contribution in [1.29, 1.82) is 0 Å². The van der Waals surface area contributed by atoms with Crippen LogP contribution in [-0.2, 0) is 0 Å². The molecule has 0 atom stereocenters. The van der Waals surface area contributed by atoms with E-state index < -0.39 is 0 Å². The average molecular weight is 444 g/mol. The quantitative estimate of drug-likeness (QED) is 0.391. The third kappa shape index (κ3) is 4.06. The Morgan fingerprint density at radius 2 is 1.83 bits per heavy atom. The van der Waals surface area contributed by atoms with Gasteiger partial charge in [-0.25, -0.2) is 4.98 Å². The maximum Gasteiger partial charge on any atom is 0.266 e. The van der Waals surface area contributed by atoms with Crippen molar-refractivity contribution in [3.05, 3.63) is 82.3 Å². The number of benzene rings is 3. The molecular formula is C21H15Cl2N3O2S. The Kier molecular flexibility index (Phi) is 5.69. The summed E-state index contributed by atoms with van der Waals surface area (Å²) >= 11 is 13.7. The largest absolute Gasteiger partial charge is 0.479 e. The second-order valence-corrected chi connectivity index (χ2v) is 7.89. The lowest BCUT2D eigenvalue weighted by molar-refractivity contribution is 0.0999. The summed E-state index contributed by atoms with van der Waals surface area (Å²) in [7, 11) is 0. The molecule has 29 heavy (non-hydrogen) atoms. The van der Waals surface area contributed by atoms with Crippen LogP contribution >= 0.6 is 34.5 Å². The summed E-state index contributed by atoms with van der Waals surface area (Å²) in [5, 5.41) is 1.27. The van der Waals surface area contributed by atoms with Crippen LogP contribution < -0.4 is 15.4 Å². The van der Waals surface area contributed by atoms with Gasteiger partial charge in [-0.05, 0) is 54.6 Å². The van der Waals surface area contributed by atoms with Crippen LogP contribution in [0.4, 0.5) is 10.8 Å². The van der Waals surface area contributed by atoms with Crippen LogP contribution in [0.25, 0.3) is 10.2 Å². The third-order valence-corrected chi connectivity index (χ3v) is 5.75. The molecule has 3 aromatic carbocycles. The zero-order chi connectivity index (χ0) is 20.4. The number of anilines is 2. The minimum absolute atomic E-state index is 0.0697. The topological polar surface area (TPSA) is 68.5 Å². The summed E-state index contributed by atoms with van der Waals surface area (Å²) in [6.45, 7) is 0.0697. The predicted molar refractivity (Wildman–Crippen MR) is 119 cm³/mol. The number of ether oxygens (including phenoxy) is 1. The van der Waals surface area contributed by atoms with Gasteiger partial charge in [0.05, 0.1) is 26.5 Å². The van der Waals surface area contributed by atoms with Crippen molar-refractivity contribution in [1.82, 2.24) is 4.98 Å². The van der Waals surface area contributed by atoms with E-state index >= 15 is 0 Å². The Morgan fingerprint density at radius 1 is 1.07 bits per heavy atom. The van der Waals surface area contributed by atoms with E-state index in [1.54, 1.807) is 42.5 Å². The van der Waals surface area contributed by atoms with Crippen LogP contribution in [0.3, 0.4) is 0 Å². The fraction of sp³-hybridized carbons (Fsp3) is 0.0476. The zero-order valence-electron chi connectivity index (χ0n) is 15.0. The number of aromatic nitrogens is 1. The molecule has 0 bridgehead atoms. The van der Waals surface area contributed by atoms with Crippen LogP contribution in [0.2, 0.25) is 10.0 Å². The first-order valence-electron chi connectivity index (χ1n) is 8.65. The van der Waals surface area contributed by atoms with Crippen molar-refractivity contribution in [2.45, 2.75) is 0 Å². The van der Waals surface area contributed by atoms with Crippen LogP contribution in [0.15, 0.2) is 66.7 Å². The number of fused-ring (bicyclic) bond motifs is 1. The van der Waals surface area contributed by atoms with Gasteiger partial charge in [-0.2, -0.15) is 0 Å². The van der Waals surface area contributed by atoms with Crippen molar-refractivity contribution >= 4 is 61.5 Å². The zero-order valence-corrected chi connectivity index (χ0v) is 17.3. The minimum Gasteiger partial charge on any atom is -0.479 e. The number of hydrogen-bond donors (Lipinski definition) is 1. The lowest BCUT2D eigenvalue weighted by Gasteiger charge is -2.21. The Balaban J connectivity index is 1.82. The smallest absolute Gasteiger partial charge is 0.266 e. The fourth-order valence-electron chi connectivity index (χ4n) is 2.84. The van der Waals surface area contributed by atoms with Crippen molar-refractivity contribution in [2.75, 3.05) is 11.6 Å². The number of thiazole rings is 1. The first-order valence-corrected chi connectivity index (χ1v) is 10.2. The van der Waals surface area contributed by atoms with E-state index in [4.69, 9.17) is 33.7 Å². The van der Waals surface area contributed by atoms with Crippen LogP contribution in [0.5, 0.6) is 5.75 Å². The highest BCUT2D eigenvalue weighted by Crippen LogP contribution is 2.36. The highest BCUT2D eigenvalue weighted by atomic mass is 35.5. The Hall–Kier alpha value is -2.64. The number of nitrogens with zero attached hydrogens (tertiary/aromatic N) is 2. The van der Waals surface area contributed by atoms with Crippen molar-refractivity contribution in [2.24, 2.45) is 5.73 Å². The number of halogens is 2. The molecule has 2 N–H and O–H groups in total. The molecule has 146 valence electrons. The van der Waals surface area contributed by atoms with Crippen LogP contribution in [-0.4, -0.2) is 17.6 Å².